The number of rotatable bonds is 2. The molecule has 0 spiro atoms. The molecule has 1 aromatic carbocycles. The number of fused-ring (bicyclic) bond motifs is 1. The summed E-state index contributed by atoms with van der Waals surface area (Å²) in [7, 11) is 0. The Bertz CT molecular complexity index is 760. The van der Waals surface area contributed by atoms with Gasteiger partial charge in [0.1, 0.15) is 5.01 Å². The van der Waals surface area contributed by atoms with Crippen molar-refractivity contribution < 1.29 is 0 Å². The lowest BCUT2D eigenvalue weighted by Crippen LogP contribution is -2.16. The second kappa shape index (κ2) is 5.09. The topological polar surface area (TPSA) is 56.7 Å². The average molecular weight is 296 g/mol. The Morgan fingerprint density at radius 1 is 1.24 bits per heavy atom. The molecule has 21 heavy (non-hydrogen) atoms. The number of nitrogens with zero attached hydrogens (tertiary/aromatic N) is 3. The number of hydrogen-bond acceptors (Lipinski definition) is 4. The highest BCUT2D eigenvalue weighted by Gasteiger charge is 2.22. The van der Waals surface area contributed by atoms with E-state index in [-0.39, 0.29) is 6.04 Å². The first-order chi connectivity index (χ1) is 10.3. The van der Waals surface area contributed by atoms with Crippen molar-refractivity contribution in [2.45, 2.75) is 25.3 Å². The minimum atomic E-state index is 0.0999. The molecule has 1 unspecified atom stereocenters. The van der Waals surface area contributed by atoms with Gasteiger partial charge in [-0.05, 0) is 31.4 Å². The minimum absolute atomic E-state index is 0.0999. The molecule has 3 aromatic rings. The van der Waals surface area contributed by atoms with E-state index in [4.69, 9.17) is 10.7 Å². The van der Waals surface area contributed by atoms with E-state index in [1.54, 1.807) is 11.3 Å². The Hall–Kier alpha value is -1.98. The van der Waals surface area contributed by atoms with Crippen LogP contribution in [0.2, 0.25) is 0 Å². The first-order valence-corrected chi connectivity index (χ1v) is 7.98. The van der Waals surface area contributed by atoms with E-state index in [1.807, 2.05) is 47.4 Å². The number of benzene rings is 1. The summed E-state index contributed by atoms with van der Waals surface area (Å²) in [6, 6.07) is 10.2. The molecule has 0 bridgehead atoms. The van der Waals surface area contributed by atoms with Crippen LogP contribution in [0.3, 0.4) is 0 Å². The number of aryl methyl sites for hydroxylation is 1. The molecule has 0 saturated heterocycles. The van der Waals surface area contributed by atoms with Gasteiger partial charge in [0.25, 0.3) is 0 Å². The van der Waals surface area contributed by atoms with Gasteiger partial charge in [-0.2, -0.15) is 5.10 Å². The van der Waals surface area contributed by atoms with Gasteiger partial charge in [-0.3, -0.25) is 0 Å². The summed E-state index contributed by atoms with van der Waals surface area (Å²) in [6.45, 7) is 0. The summed E-state index contributed by atoms with van der Waals surface area (Å²) in [6.07, 6.45) is 7.22. The van der Waals surface area contributed by atoms with Gasteiger partial charge in [0.05, 0.1) is 17.6 Å². The van der Waals surface area contributed by atoms with Crippen LogP contribution in [0.1, 0.15) is 29.5 Å². The van der Waals surface area contributed by atoms with Gasteiger partial charge in [0, 0.05) is 22.7 Å². The van der Waals surface area contributed by atoms with Gasteiger partial charge in [0.15, 0.2) is 0 Å². The normalized spacial score (nSPS) is 17.7. The highest BCUT2D eigenvalue weighted by molar-refractivity contribution is 7.15. The number of thiazole rings is 1. The average Bonchev–Trinajstić information content (AvgIpc) is 3.15. The molecule has 4 nitrogen and oxygen atoms in total. The lowest BCUT2D eigenvalue weighted by Gasteiger charge is -2.15. The van der Waals surface area contributed by atoms with Crippen molar-refractivity contribution in [1.29, 1.82) is 0 Å². The van der Waals surface area contributed by atoms with Crippen molar-refractivity contribution in [2.24, 2.45) is 5.73 Å². The molecule has 0 fully saturated rings. The second-order valence-corrected chi connectivity index (χ2v) is 6.42. The van der Waals surface area contributed by atoms with Crippen LogP contribution in [0, 0.1) is 0 Å². The first-order valence-electron chi connectivity index (χ1n) is 7.17. The molecule has 0 amide bonds. The lowest BCUT2D eigenvalue weighted by molar-refractivity contribution is 0.564. The third-order valence-corrected chi connectivity index (χ3v) is 5.03. The Balaban J connectivity index is 1.70. The molecule has 0 aliphatic heterocycles. The Morgan fingerprint density at radius 3 is 2.90 bits per heavy atom. The fourth-order valence-electron chi connectivity index (χ4n) is 2.73. The summed E-state index contributed by atoms with van der Waals surface area (Å²) in [5.41, 5.74) is 9.37. The minimum Gasteiger partial charge on any atom is -0.323 e. The number of hydrogen-bond donors (Lipinski definition) is 1. The van der Waals surface area contributed by atoms with E-state index in [1.165, 1.54) is 11.3 Å². The van der Waals surface area contributed by atoms with E-state index in [0.717, 1.165) is 34.8 Å². The van der Waals surface area contributed by atoms with Crippen molar-refractivity contribution in [3.63, 3.8) is 0 Å². The molecule has 2 N–H and O–H groups in total. The summed E-state index contributed by atoms with van der Waals surface area (Å²) in [5.74, 6) is 0. The van der Waals surface area contributed by atoms with Gasteiger partial charge in [-0.15, -0.1) is 11.3 Å². The fourth-order valence-corrected chi connectivity index (χ4v) is 3.88. The highest BCUT2D eigenvalue weighted by atomic mass is 32.1. The Kier molecular flexibility index (Phi) is 3.09. The van der Waals surface area contributed by atoms with Crippen LogP contribution < -0.4 is 5.73 Å². The van der Waals surface area contributed by atoms with Gasteiger partial charge >= 0.3 is 0 Å². The van der Waals surface area contributed by atoms with Gasteiger partial charge in [-0.1, -0.05) is 18.2 Å². The van der Waals surface area contributed by atoms with Crippen LogP contribution >= 0.6 is 11.3 Å². The standard InChI is InChI=1S/C16H16N4S/c17-13-7-4-8-14-15(13)19-16(21-14)11-9-18-20(10-11)12-5-2-1-3-6-12/h1-3,5-6,9-10,13H,4,7-8,17H2. The third-order valence-electron chi connectivity index (χ3n) is 3.85. The maximum atomic E-state index is 6.16. The molecule has 106 valence electrons. The predicted molar refractivity (Wildman–Crippen MR) is 84.5 cm³/mol. The summed E-state index contributed by atoms with van der Waals surface area (Å²) >= 11 is 1.76. The molecule has 1 aliphatic rings. The van der Waals surface area contributed by atoms with Crippen LogP contribution in [0.15, 0.2) is 42.7 Å². The maximum absolute atomic E-state index is 6.16. The van der Waals surface area contributed by atoms with Crippen molar-refractivity contribution in [1.82, 2.24) is 14.8 Å². The summed E-state index contributed by atoms with van der Waals surface area (Å²) < 4.78 is 1.88. The third kappa shape index (κ3) is 2.28. The molecule has 5 heteroatoms. The van der Waals surface area contributed by atoms with Crippen LogP contribution in [0.4, 0.5) is 0 Å². The van der Waals surface area contributed by atoms with Crippen LogP contribution in [-0.2, 0) is 6.42 Å². The molecule has 2 aromatic heterocycles. The van der Waals surface area contributed by atoms with Gasteiger partial charge in [0.2, 0.25) is 0 Å². The number of aromatic nitrogens is 3. The van der Waals surface area contributed by atoms with Crippen molar-refractivity contribution in [2.75, 3.05) is 0 Å². The smallest absolute Gasteiger partial charge is 0.127 e. The lowest BCUT2D eigenvalue weighted by atomic mass is 9.99. The van der Waals surface area contributed by atoms with E-state index < -0.39 is 0 Å². The quantitative estimate of drug-likeness (QED) is 0.789. The fraction of sp³-hybridized carbons (Fsp3) is 0.250. The highest BCUT2D eigenvalue weighted by Crippen LogP contribution is 2.36. The Morgan fingerprint density at radius 2 is 2.10 bits per heavy atom. The maximum Gasteiger partial charge on any atom is 0.127 e. The van der Waals surface area contributed by atoms with Crippen molar-refractivity contribution in [3.05, 3.63) is 53.3 Å². The van der Waals surface area contributed by atoms with Gasteiger partial charge < -0.3 is 5.73 Å². The number of para-hydroxylation sites is 1. The molecular formula is C16H16N4S. The molecule has 4 rings (SSSR count). The molecular weight excluding hydrogens is 280 g/mol. The van der Waals surface area contributed by atoms with Crippen molar-refractivity contribution in [3.8, 4) is 16.3 Å². The van der Waals surface area contributed by atoms with E-state index in [9.17, 15) is 0 Å². The molecule has 0 saturated carbocycles. The molecule has 2 heterocycles. The molecule has 0 radical (unpaired) electrons. The zero-order valence-corrected chi connectivity index (χ0v) is 12.4. The van der Waals surface area contributed by atoms with Gasteiger partial charge in [-0.25, -0.2) is 9.67 Å². The van der Waals surface area contributed by atoms with Crippen molar-refractivity contribution >= 4 is 11.3 Å². The van der Waals surface area contributed by atoms with Crippen LogP contribution in [-0.4, -0.2) is 14.8 Å². The largest absolute Gasteiger partial charge is 0.323 e. The molecule has 1 aliphatic carbocycles. The predicted octanol–water partition coefficient (Wildman–Crippen LogP) is 3.33. The second-order valence-electron chi connectivity index (χ2n) is 5.34. The van der Waals surface area contributed by atoms with E-state index >= 15 is 0 Å². The van der Waals surface area contributed by atoms with E-state index in [2.05, 4.69) is 5.10 Å². The zero-order chi connectivity index (χ0) is 14.2. The first kappa shape index (κ1) is 12.7. The summed E-state index contributed by atoms with van der Waals surface area (Å²) in [4.78, 5) is 6.09. The Labute approximate surface area is 127 Å². The SMILES string of the molecule is NC1CCCc2sc(-c3cnn(-c4ccccc4)c3)nc21. The van der Waals surface area contributed by atoms with Crippen LogP contribution in [0.25, 0.3) is 16.3 Å². The monoisotopic (exact) mass is 296 g/mol. The zero-order valence-electron chi connectivity index (χ0n) is 11.6. The van der Waals surface area contributed by atoms with E-state index in [0.29, 0.717) is 0 Å². The molecule has 1 atom stereocenters. The van der Waals surface area contributed by atoms with Crippen LogP contribution in [0.5, 0.6) is 0 Å². The number of nitrogens with two attached hydrogens (primary N) is 1. The summed E-state index contributed by atoms with van der Waals surface area (Å²) in [5, 5.41) is 5.47.